The average Bonchev–Trinajstić information content (AvgIpc) is 2.94. The van der Waals surface area contributed by atoms with Gasteiger partial charge in [-0.05, 0) is 24.3 Å². The van der Waals surface area contributed by atoms with Crippen LogP contribution in [0.15, 0.2) is 48.5 Å². The molecule has 2 aromatic carbocycles. The summed E-state index contributed by atoms with van der Waals surface area (Å²) in [5.74, 6) is 0.520. The van der Waals surface area contributed by atoms with Gasteiger partial charge in [-0.1, -0.05) is 24.3 Å². The number of benzene rings is 2. The minimum Gasteiger partial charge on any atom is -0.495 e. The normalized spacial score (nSPS) is 17.6. The molecule has 26 heavy (non-hydrogen) atoms. The Bertz CT molecular complexity index is 809. The fourth-order valence-electron chi connectivity index (χ4n) is 3.72. The number of carbonyl (C=O) groups excluding carboxylic acids is 2. The zero-order valence-corrected chi connectivity index (χ0v) is 14.8. The summed E-state index contributed by atoms with van der Waals surface area (Å²) in [6.45, 7) is 3.88. The van der Waals surface area contributed by atoms with Crippen LogP contribution in [0.3, 0.4) is 0 Å². The Labute approximate surface area is 152 Å². The number of ether oxygens (including phenoxy) is 1. The molecule has 0 saturated carbocycles. The number of hydrogen-bond acceptors (Lipinski definition) is 4. The van der Waals surface area contributed by atoms with Crippen LogP contribution in [0.1, 0.15) is 20.7 Å². The Hall–Kier alpha value is -2.86. The molecular formula is C20H22N3O3+. The number of para-hydroxylation sites is 2. The lowest BCUT2D eigenvalue weighted by molar-refractivity contribution is -0.907. The topological polar surface area (TPSA) is 54.3 Å². The SMILES string of the molecule is COc1ccccc1N1CC[NH+](CN2C(=O)c3ccccc3C2=O)CC1. The molecule has 2 aliphatic rings. The fraction of sp³-hybridized carbons (Fsp3) is 0.300. The van der Waals surface area contributed by atoms with Gasteiger partial charge in [0.25, 0.3) is 11.8 Å². The van der Waals surface area contributed by atoms with Gasteiger partial charge in [0.1, 0.15) is 5.75 Å². The predicted molar refractivity (Wildman–Crippen MR) is 97.7 cm³/mol. The minimum absolute atomic E-state index is 0.176. The molecule has 1 saturated heterocycles. The summed E-state index contributed by atoms with van der Waals surface area (Å²) >= 11 is 0. The van der Waals surface area contributed by atoms with Crippen LogP contribution >= 0.6 is 0 Å². The number of piperazine rings is 1. The molecule has 0 aliphatic carbocycles. The number of amides is 2. The summed E-state index contributed by atoms with van der Waals surface area (Å²) < 4.78 is 5.45. The second-order valence-corrected chi connectivity index (χ2v) is 6.65. The second kappa shape index (κ2) is 6.80. The first-order chi connectivity index (χ1) is 12.7. The lowest BCUT2D eigenvalue weighted by Gasteiger charge is -2.35. The maximum atomic E-state index is 12.5. The van der Waals surface area contributed by atoms with E-state index in [9.17, 15) is 9.59 Å². The first kappa shape index (κ1) is 16.6. The number of methoxy groups -OCH3 is 1. The molecule has 2 aromatic rings. The van der Waals surface area contributed by atoms with Crippen LogP contribution in [-0.2, 0) is 0 Å². The highest BCUT2D eigenvalue weighted by Gasteiger charge is 2.38. The van der Waals surface area contributed by atoms with Crippen molar-refractivity contribution in [1.29, 1.82) is 0 Å². The third kappa shape index (κ3) is 2.82. The summed E-state index contributed by atoms with van der Waals surface area (Å²) in [5, 5.41) is 0. The maximum absolute atomic E-state index is 12.5. The fourth-order valence-corrected chi connectivity index (χ4v) is 3.72. The van der Waals surface area contributed by atoms with Crippen molar-refractivity contribution in [1.82, 2.24) is 4.90 Å². The first-order valence-corrected chi connectivity index (χ1v) is 8.86. The summed E-state index contributed by atoms with van der Waals surface area (Å²) in [4.78, 5) is 30.0. The minimum atomic E-state index is -0.176. The molecule has 0 unspecified atom stereocenters. The van der Waals surface area contributed by atoms with E-state index in [-0.39, 0.29) is 11.8 Å². The quantitative estimate of drug-likeness (QED) is 0.821. The second-order valence-electron chi connectivity index (χ2n) is 6.65. The van der Waals surface area contributed by atoms with E-state index in [1.807, 2.05) is 18.2 Å². The van der Waals surface area contributed by atoms with Crippen LogP contribution in [0.2, 0.25) is 0 Å². The number of anilines is 1. The number of quaternary nitrogens is 1. The van der Waals surface area contributed by atoms with Gasteiger partial charge in [0.2, 0.25) is 0 Å². The molecule has 2 heterocycles. The third-order valence-electron chi connectivity index (χ3n) is 5.16. The largest absolute Gasteiger partial charge is 0.495 e. The molecule has 6 heteroatoms. The van der Waals surface area contributed by atoms with Crippen molar-refractivity contribution >= 4 is 17.5 Å². The Morgan fingerprint density at radius 2 is 1.50 bits per heavy atom. The van der Waals surface area contributed by atoms with Crippen molar-refractivity contribution in [3.8, 4) is 5.75 Å². The van der Waals surface area contributed by atoms with E-state index in [1.165, 1.54) is 9.80 Å². The summed E-state index contributed by atoms with van der Waals surface area (Å²) in [7, 11) is 1.68. The molecule has 2 amide bonds. The number of rotatable bonds is 4. The van der Waals surface area contributed by atoms with Crippen molar-refractivity contribution in [2.45, 2.75) is 0 Å². The van der Waals surface area contributed by atoms with Gasteiger partial charge in [-0.2, -0.15) is 0 Å². The van der Waals surface area contributed by atoms with Gasteiger partial charge in [-0.3, -0.25) is 9.59 Å². The number of carbonyl (C=O) groups is 2. The molecule has 0 radical (unpaired) electrons. The molecule has 6 nitrogen and oxygen atoms in total. The number of nitrogens with zero attached hydrogens (tertiary/aromatic N) is 2. The average molecular weight is 352 g/mol. The van der Waals surface area contributed by atoms with Crippen molar-refractivity contribution in [3.05, 3.63) is 59.7 Å². The number of nitrogens with one attached hydrogen (secondary N) is 1. The van der Waals surface area contributed by atoms with E-state index in [0.717, 1.165) is 37.6 Å². The highest BCUT2D eigenvalue weighted by Crippen LogP contribution is 2.27. The zero-order chi connectivity index (χ0) is 18.1. The van der Waals surface area contributed by atoms with Crippen molar-refractivity contribution in [2.75, 3.05) is 44.9 Å². The van der Waals surface area contributed by atoms with Crippen LogP contribution < -0.4 is 14.5 Å². The van der Waals surface area contributed by atoms with Crippen LogP contribution in [0.25, 0.3) is 0 Å². The van der Waals surface area contributed by atoms with Gasteiger partial charge >= 0.3 is 0 Å². The molecule has 1 N–H and O–H groups in total. The van der Waals surface area contributed by atoms with Gasteiger partial charge in [-0.15, -0.1) is 0 Å². The van der Waals surface area contributed by atoms with E-state index in [0.29, 0.717) is 17.8 Å². The van der Waals surface area contributed by atoms with Crippen LogP contribution in [0.5, 0.6) is 5.75 Å². The van der Waals surface area contributed by atoms with Crippen LogP contribution in [-0.4, -0.2) is 56.7 Å². The summed E-state index contributed by atoms with van der Waals surface area (Å²) in [5.41, 5.74) is 2.13. The van der Waals surface area contributed by atoms with Crippen LogP contribution in [0, 0.1) is 0 Å². The molecule has 4 rings (SSSR count). The number of imide groups is 1. The molecule has 0 aromatic heterocycles. The number of fused-ring (bicyclic) bond motifs is 1. The molecule has 0 spiro atoms. The molecule has 2 aliphatic heterocycles. The zero-order valence-electron chi connectivity index (χ0n) is 14.8. The Morgan fingerprint density at radius 3 is 2.12 bits per heavy atom. The van der Waals surface area contributed by atoms with Crippen molar-refractivity contribution in [3.63, 3.8) is 0 Å². The Balaban J connectivity index is 1.41. The van der Waals surface area contributed by atoms with E-state index in [4.69, 9.17) is 4.74 Å². The Kier molecular flexibility index (Phi) is 4.34. The van der Waals surface area contributed by atoms with Gasteiger partial charge in [-0.25, -0.2) is 4.90 Å². The summed E-state index contributed by atoms with van der Waals surface area (Å²) in [6, 6.07) is 15.1. The maximum Gasteiger partial charge on any atom is 0.265 e. The molecule has 0 atom stereocenters. The molecule has 134 valence electrons. The van der Waals surface area contributed by atoms with Gasteiger partial charge in [0.05, 0.1) is 50.1 Å². The van der Waals surface area contributed by atoms with Crippen molar-refractivity contribution in [2.24, 2.45) is 0 Å². The lowest BCUT2D eigenvalue weighted by Crippen LogP contribution is -3.16. The smallest absolute Gasteiger partial charge is 0.265 e. The molecule has 0 bridgehead atoms. The highest BCUT2D eigenvalue weighted by atomic mass is 16.5. The predicted octanol–water partition coefficient (Wildman–Crippen LogP) is 0.654. The summed E-state index contributed by atoms with van der Waals surface area (Å²) in [6.07, 6.45) is 0. The van der Waals surface area contributed by atoms with Gasteiger partial charge in [0.15, 0.2) is 6.67 Å². The number of hydrogen-bond donors (Lipinski definition) is 1. The van der Waals surface area contributed by atoms with E-state index < -0.39 is 0 Å². The Morgan fingerprint density at radius 1 is 0.923 bits per heavy atom. The highest BCUT2D eigenvalue weighted by molar-refractivity contribution is 6.21. The van der Waals surface area contributed by atoms with Crippen molar-refractivity contribution < 1.29 is 19.2 Å². The standard InChI is InChI=1S/C20H21N3O3/c1-26-18-9-5-4-8-17(18)22-12-10-21(11-13-22)14-23-19(24)15-6-2-3-7-16(15)20(23)25/h2-9H,10-14H2,1H3/p+1. The lowest BCUT2D eigenvalue weighted by atomic mass is 10.1. The van der Waals surface area contributed by atoms with E-state index >= 15 is 0 Å². The monoisotopic (exact) mass is 352 g/mol. The van der Waals surface area contributed by atoms with Gasteiger partial charge in [0, 0.05) is 0 Å². The van der Waals surface area contributed by atoms with Gasteiger partial charge < -0.3 is 14.5 Å². The first-order valence-electron chi connectivity index (χ1n) is 8.86. The van der Waals surface area contributed by atoms with Crippen LogP contribution in [0.4, 0.5) is 5.69 Å². The molecular weight excluding hydrogens is 330 g/mol. The van der Waals surface area contributed by atoms with E-state index in [2.05, 4.69) is 11.0 Å². The molecule has 1 fully saturated rings. The van der Waals surface area contributed by atoms with E-state index in [1.54, 1.807) is 31.4 Å². The third-order valence-corrected chi connectivity index (χ3v) is 5.16.